The number of likely N-dealkylation sites (N-methyl/N-ethyl adjacent to an activating group) is 2. The first-order valence-corrected chi connectivity index (χ1v) is 15.6. The van der Waals surface area contributed by atoms with E-state index in [1.807, 2.05) is 24.1 Å². The molecule has 11 nitrogen and oxygen atoms in total. The van der Waals surface area contributed by atoms with E-state index in [-0.39, 0.29) is 17.9 Å². The molecule has 4 heterocycles. The number of benzene rings is 1. The van der Waals surface area contributed by atoms with Gasteiger partial charge in [0.15, 0.2) is 5.82 Å². The van der Waals surface area contributed by atoms with E-state index in [1.54, 1.807) is 18.2 Å². The summed E-state index contributed by atoms with van der Waals surface area (Å²) in [5.41, 5.74) is 3.47. The molecule has 11 heteroatoms. The Hall–Kier alpha value is -3.44. The largest absolute Gasteiger partial charge is 0.495 e. The molecular weight excluding hydrogens is 532 g/mol. The van der Waals surface area contributed by atoms with E-state index in [4.69, 9.17) is 9.72 Å². The molecule has 0 unspecified atom stereocenters. The highest BCUT2D eigenvalue weighted by molar-refractivity contribution is 6.04. The number of ether oxygens (including phenoxy) is 1. The molecule has 6 rings (SSSR count). The first kappa shape index (κ1) is 28.7. The Labute approximate surface area is 248 Å². The van der Waals surface area contributed by atoms with Crippen LogP contribution in [0.4, 0.5) is 28.8 Å². The van der Waals surface area contributed by atoms with Crippen LogP contribution in [-0.4, -0.2) is 104 Å². The van der Waals surface area contributed by atoms with Crippen molar-refractivity contribution in [3.05, 3.63) is 23.9 Å². The summed E-state index contributed by atoms with van der Waals surface area (Å²) in [7, 11) is 3.47. The number of fused-ring (bicyclic) bond motifs is 2. The Balaban J connectivity index is 1.26. The van der Waals surface area contributed by atoms with Gasteiger partial charge in [0.25, 0.3) is 0 Å². The van der Waals surface area contributed by atoms with E-state index in [0.29, 0.717) is 36.5 Å². The van der Waals surface area contributed by atoms with Crippen LogP contribution in [0.25, 0.3) is 0 Å². The smallest absolute Gasteiger partial charge is 0.249 e. The van der Waals surface area contributed by atoms with Gasteiger partial charge in [-0.25, -0.2) is 4.98 Å². The third kappa shape index (κ3) is 5.28. The van der Waals surface area contributed by atoms with Gasteiger partial charge in [0.1, 0.15) is 17.5 Å². The monoisotopic (exact) mass is 576 g/mol. The zero-order chi connectivity index (χ0) is 29.4. The lowest BCUT2D eigenvalue weighted by Crippen LogP contribution is -2.55. The van der Waals surface area contributed by atoms with Crippen molar-refractivity contribution in [3.8, 4) is 5.75 Å². The topological polar surface area (TPSA) is 97.4 Å². The van der Waals surface area contributed by atoms with E-state index in [9.17, 15) is 9.59 Å². The number of aromatic nitrogens is 2. The Morgan fingerprint density at radius 2 is 1.79 bits per heavy atom. The van der Waals surface area contributed by atoms with E-state index in [1.165, 1.54) is 12.8 Å². The summed E-state index contributed by atoms with van der Waals surface area (Å²) in [6.45, 7) is 10.3. The number of carbonyl (C=O) groups excluding carboxylic acids is 2. The SMILES string of the molecule is CC[C@@H]1C(=O)N(C)c2cnc(Nc3cc4c(cc3OC)CCN4C(=O)CN3CCN(CC)CC3)nc2N1C1CCCC1. The van der Waals surface area contributed by atoms with E-state index in [2.05, 4.69) is 38.8 Å². The third-order valence-electron chi connectivity index (χ3n) is 9.53. The van der Waals surface area contributed by atoms with Gasteiger partial charge in [-0.1, -0.05) is 26.7 Å². The summed E-state index contributed by atoms with van der Waals surface area (Å²) < 4.78 is 5.76. The number of piperazine rings is 1. The van der Waals surface area contributed by atoms with Crippen molar-refractivity contribution < 1.29 is 14.3 Å². The summed E-state index contributed by atoms with van der Waals surface area (Å²) in [5.74, 6) is 2.15. The van der Waals surface area contributed by atoms with Gasteiger partial charge in [0.2, 0.25) is 17.8 Å². The highest BCUT2D eigenvalue weighted by Gasteiger charge is 2.41. The second kappa shape index (κ2) is 12.0. The van der Waals surface area contributed by atoms with Crippen LogP contribution in [0.1, 0.15) is 51.5 Å². The third-order valence-corrected chi connectivity index (χ3v) is 9.53. The number of carbonyl (C=O) groups is 2. The average Bonchev–Trinajstić information content (AvgIpc) is 3.69. The Kier molecular flexibility index (Phi) is 8.22. The second-order valence-electron chi connectivity index (χ2n) is 11.9. The molecule has 1 N–H and O–H groups in total. The van der Waals surface area contributed by atoms with E-state index in [0.717, 1.165) is 81.2 Å². The fraction of sp³-hybridized carbons (Fsp3) is 0.613. The second-order valence-corrected chi connectivity index (χ2v) is 11.9. The summed E-state index contributed by atoms with van der Waals surface area (Å²) >= 11 is 0. The lowest BCUT2D eigenvalue weighted by Gasteiger charge is -2.43. The van der Waals surface area contributed by atoms with Gasteiger partial charge in [-0.3, -0.25) is 14.5 Å². The molecule has 2 amide bonds. The van der Waals surface area contributed by atoms with Crippen molar-refractivity contribution in [1.82, 2.24) is 19.8 Å². The number of hydrogen-bond donors (Lipinski definition) is 1. The lowest BCUT2D eigenvalue weighted by atomic mass is 10.0. The van der Waals surface area contributed by atoms with Crippen molar-refractivity contribution in [2.24, 2.45) is 0 Å². The maximum atomic E-state index is 13.4. The predicted molar refractivity (Wildman–Crippen MR) is 165 cm³/mol. The molecule has 1 aliphatic carbocycles. The summed E-state index contributed by atoms with van der Waals surface area (Å²) in [4.78, 5) is 46.8. The van der Waals surface area contributed by atoms with E-state index >= 15 is 0 Å². The van der Waals surface area contributed by atoms with Gasteiger partial charge in [-0.05, 0) is 49.9 Å². The van der Waals surface area contributed by atoms with Gasteiger partial charge < -0.3 is 29.7 Å². The van der Waals surface area contributed by atoms with E-state index < -0.39 is 0 Å². The summed E-state index contributed by atoms with van der Waals surface area (Å²) in [6, 6.07) is 4.09. The molecule has 2 aromatic rings. The minimum Gasteiger partial charge on any atom is -0.495 e. The highest BCUT2D eigenvalue weighted by Crippen LogP contribution is 2.42. The van der Waals surface area contributed by atoms with Gasteiger partial charge >= 0.3 is 0 Å². The fourth-order valence-corrected chi connectivity index (χ4v) is 7.04. The average molecular weight is 577 g/mol. The van der Waals surface area contributed by atoms with Crippen molar-refractivity contribution >= 4 is 40.6 Å². The highest BCUT2D eigenvalue weighted by atomic mass is 16.5. The van der Waals surface area contributed by atoms with Crippen molar-refractivity contribution in [1.29, 1.82) is 0 Å². The molecule has 1 aromatic heterocycles. The molecule has 0 spiro atoms. The van der Waals surface area contributed by atoms with Crippen LogP contribution < -0.4 is 24.8 Å². The molecule has 2 fully saturated rings. The first-order valence-electron chi connectivity index (χ1n) is 15.6. The fourth-order valence-electron chi connectivity index (χ4n) is 7.04. The summed E-state index contributed by atoms with van der Waals surface area (Å²) in [6.07, 6.45) is 7.74. The van der Waals surface area contributed by atoms with Crippen molar-refractivity contribution in [3.63, 3.8) is 0 Å². The number of methoxy groups -OCH3 is 1. The van der Waals surface area contributed by atoms with Gasteiger partial charge in [-0.2, -0.15) is 4.98 Å². The molecular formula is C31H44N8O3. The number of amides is 2. The molecule has 0 bridgehead atoms. The first-order chi connectivity index (χ1) is 20.4. The molecule has 1 saturated heterocycles. The van der Waals surface area contributed by atoms with Crippen LogP contribution in [0, 0.1) is 0 Å². The minimum atomic E-state index is -0.229. The van der Waals surface area contributed by atoms with Gasteiger partial charge in [0, 0.05) is 51.5 Å². The minimum absolute atomic E-state index is 0.0958. The number of nitrogens with zero attached hydrogens (tertiary/aromatic N) is 7. The lowest BCUT2D eigenvalue weighted by molar-refractivity contribution is -0.120. The molecule has 226 valence electrons. The van der Waals surface area contributed by atoms with Gasteiger partial charge in [-0.15, -0.1) is 0 Å². The van der Waals surface area contributed by atoms with Crippen LogP contribution >= 0.6 is 0 Å². The standard InChI is InChI=1S/C31H44N8O3/c1-5-24-30(41)35(3)26-19-32-31(34-29(26)39(24)22-9-7-8-10-22)33-23-18-25-21(17-27(23)42-4)11-12-38(25)28(40)20-37-15-13-36(6-2)14-16-37/h17-19,22,24H,5-16,20H2,1-4H3,(H,32,33,34)/t24-/m1/s1. The van der Waals surface area contributed by atoms with Crippen LogP contribution in [0.2, 0.25) is 0 Å². The normalized spacial score (nSPS) is 21.6. The Morgan fingerprint density at radius 1 is 1.05 bits per heavy atom. The zero-order valence-corrected chi connectivity index (χ0v) is 25.4. The molecule has 4 aliphatic rings. The molecule has 0 radical (unpaired) electrons. The Bertz CT molecular complexity index is 1320. The van der Waals surface area contributed by atoms with Crippen LogP contribution in [0.5, 0.6) is 5.75 Å². The number of nitrogens with one attached hydrogen (secondary N) is 1. The molecule has 1 atom stereocenters. The predicted octanol–water partition coefficient (Wildman–Crippen LogP) is 3.26. The van der Waals surface area contributed by atoms with Crippen LogP contribution in [-0.2, 0) is 16.0 Å². The molecule has 1 saturated carbocycles. The van der Waals surface area contributed by atoms with Gasteiger partial charge in [0.05, 0.1) is 25.5 Å². The number of hydrogen-bond acceptors (Lipinski definition) is 9. The van der Waals surface area contributed by atoms with Crippen LogP contribution in [0.15, 0.2) is 18.3 Å². The molecule has 3 aliphatic heterocycles. The number of rotatable bonds is 8. The van der Waals surface area contributed by atoms with Crippen molar-refractivity contribution in [2.75, 3.05) is 80.0 Å². The molecule has 42 heavy (non-hydrogen) atoms. The summed E-state index contributed by atoms with van der Waals surface area (Å²) in [5, 5.41) is 3.39. The Morgan fingerprint density at radius 3 is 2.48 bits per heavy atom. The quantitative estimate of drug-likeness (QED) is 0.508. The molecule has 1 aromatic carbocycles. The van der Waals surface area contributed by atoms with Crippen molar-refractivity contribution in [2.45, 2.75) is 64.5 Å². The zero-order valence-electron chi connectivity index (χ0n) is 25.4. The maximum Gasteiger partial charge on any atom is 0.249 e. The maximum absolute atomic E-state index is 13.4. The number of anilines is 5. The van der Waals surface area contributed by atoms with Crippen LogP contribution in [0.3, 0.4) is 0 Å².